The summed E-state index contributed by atoms with van der Waals surface area (Å²) in [5.74, 6) is -0.139. The number of benzene rings is 2. The average molecular weight is 333 g/mol. The maximum atomic E-state index is 10.9. The Kier molecular flexibility index (Phi) is 4.48. The van der Waals surface area contributed by atoms with Gasteiger partial charge in [-0.05, 0) is 42.8 Å². The van der Waals surface area contributed by atoms with Crippen molar-refractivity contribution in [3.63, 3.8) is 0 Å². The van der Waals surface area contributed by atoms with Crippen LogP contribution in [0.3, 0.4) is 0 Å². The van der Waals surface area contributed by atoms with Gasteiger partial charge in [-0.15, -0.1) is 0 Å². The van der Waals surface area contributed by atoms with Crippen LogP contribution in [0.2, 0.25) is 0 Å². The van der Waals surface area contributed by atoms with Crippen molar-refractivity contribution in [2.24, 2.45) is 0 Å². The van der Waals surface area contributed by atoms with E-state index in [4.69, 9.17) is 9.84 Å². The number of nitrogens with one attached hydrogen (secondary N) is 1. The van der Waals surface area contributed by atoms with Crippen LogP contribution < -0.4 is 4.74 Å². The number of aromatic nitrogens is 2. The van der Waals surface area contributed by atoms with Gasteiger partial charge < -0.3 is 14.8 Å². The highest BCUT2D eigenvalue weighted by molar-refractivity contribution is 5.90. The van der Waals surface area contributed by atoms with Crippen molar-refractivity contribution in [1.82, 2.24) is 9.97 Å². The topological polar surface area (TPSA) is 99.0 Å². The summed E-state index contributed by atoms with van der Waals surface area (Å²) in [7, 11) is 0. The first-order chi connectivity index (χ1) is 12.1. The third-order valence-electron chi connectivity index (χ3n) is 3.59. The van der Waals surface area contributed by atoms with Crippen LogP contribution >= 0.6 is 0 Å². The molecule has 0 aliphatic carbocycles. The molecule has 1 atom stereocenters. The molecule has 0 radical (unpaired) electrons. The van der Waals surface area contributed by atoms with Gasteiger partial charge in [-0.3, -0.25) is 0 Å². The molecule has 2 aromatic carbocycles. The van der Waals surface area contributed by atoms with Gasteiger partial charge >= 0.3 is 5.97 Å². The number of carboxylic acids is 1. The van der Waals surface area contributed by atoms with E-state index in [9.17, 15) is 10.1 Å². The summed E-state index contributed by atoms with van der Waals surface area (Å²) in [6.07, 6.45) is 0.723. The Morgan fingerprint density at radius 3 is 2.84 bits per heavy atom. The third kappa shape index (κ3) is 3.67. The van der Waals surface area contributed by atoms with Crippen molar-refractivity contribution in [3.05, 3.63) is 59.9 Å². The second-order valence-corrected chi connectivity index (χ2v) is 5.44. The summed E-state index contributed by atoms with van der Waals surface area (Å²) in [6.45, 7) is 1.46. The molecule has 0 saturated heterocycles. The highest BCUT2D eigenvalue weighted by atomic mass is 16.5. The van der Waals surface area contributed by atoms with Crippen molar-refractivity contribution in [1.29, 1.82) is 5.26 Å². The lowest BCUT2D eigenvalue weighted by molar-refractivity contribution is -0.144. The summed E-state index contributed by atoms with van der Waals surface area (Å²) in [4.78, 5) is 18.4. The number of carboxylic acid groups (broad SMARTS) is 1. The van der Waals surface area contributed by atoms with Gasteiger partial charge in [-0.2, -0.15) is 5.26 Å². The average Bonchev–Trinajstić information content (AvgIpc) is 3.03. The van der Waals surface area contributed by atoms with Crippen LogP contribution in [-0.4, -0.2) is 27.1 Å². The lowest BCUT2D eigenvalue weighted by atomic mass is 10.1. The Morgan fingerprint density at radius 1 is 1.32 bits per heavy atom. The van der Waals surface area contributed by atoms with Gasteiger partial charge in [0, 0.05) is 0 Å². The molecule has 2 N–H and O–H groups in total. The second-order valence-electron chi connectivity index (χ2n) is 5.44. The predicted octanol–water partition coefficient (Wildman–Crippen LogP) is 3.48. The van der Waals surface area contributed by atoms with Crippen LogP contribution in [-0.2, 0) is 4.79 Å². The smallest absolute Gasteiger partial charge is 0.344 e. The summed E-state index contributed by atoms with van der Waals surface area (Å²) in [5.41, 5.74) is 2.73. The van der Waals surface area contributed by atoms with Gasteiger partial charge in [-0.1, -0.05) is 24.3 Å². The Hall–Kier alpha value is -3.59. The molecule has 3 rings (SSSR count). The first-order valence-electron chi connectivity index (χ1n) is 7.63. The van der Waals surface area contributed by atoms with Crippen LogP contribution in [0.5, 0.6) is 5.75 Å². The van der Waals surface area contributed by atoms with Crippen LogP contribution in [0, 0.1) is 11.3 Å². The summed E-state index contributed by atoms with van der Waals surface area (Å²) in [5, 5.41) is 18.4. The van der Waals surface area contributed by atoms with E-state index in [0.717, 1.165) is 11.0 Å². The van der Waals surface area contributed by atoms with Crippen LogP contribution in [0.4, 0.5) is 0 Å². The number of hydrogen-bond donors (Lipinski definition) is 2. The number of H-pyrrole nitrogens is 1. The highest BCUT2D eigenvalue weighted by Gasteiger charge is 2.12. The standard InChI is InChI=1S/C19H15N3O3/c1-12(19(23)24)25-15-6-4-5-13(10-15)9-14(11-20)18-21-16-7-2-3-8-17(16)22-18/h2-10,12H,1H3,(H,21,22)(H,23,24)/b14-9-. The first-order valence-corrected chi connectivity index (χ1v) is 7.63. The zero-order chi connectivity index (χ0) is 17.8. The molecule has 6 nitrogen and oxygen atoms in total. The lowest BCUT2D eigenvalue weighted by Crippen LogP contribution is -2.22. The SMILES string of the molecule is CC(Oc1cccc(/C=C(/C#N)c2nc3ccccc3[nH]2)c1)C(=O)O. The molecule has 0 bridgehead atoms. The number of fused-ring (bicyclic) bond motifs is 1. The quantitative estimate of drug-likeness (QED) is 0.696. The molecule has 25 heavy (non-hydrogen) atoms. The number of nitrogens with zero attached hydrogens (tertiary/aromatic N) is 2. The molecular formula is C19H15N3O3. The number of ether oxygens (including phenoxy) is 1. The molecule has 0 aliphatic heterocycles. The van der Waals surface area contributed by atoms with Gasteiger partial charge in [0.2, 0.25) is 0 Å². The lowest BCUT2D eigenvalue weighted by Gasteiger charge is -2.10. The molecule has 0 fully saturated rings. The first kappa shape index (κ1) is 16.3. The van der Waals surface area contributed by atoms with Crippen molar-refractivity contribution < 1.29 is 14.6 Å². The van der Waals surface area contributed by atoms with Gasteiger partial charge in [0.15, 0.2) is 6.10 Å². The summed E-state index contributed by atoms with van der Waals surface area (Å²) in [6, 6.07) is 16.6. The molecule has 1 unspecified atom stereocenters. The van der Waals surface area contributed by atoms with E-state index in [1.165, 1.54) is 6.92 Å². The Labute approximate surface area is 144 Å². The maximum absolute atomic E-state index is 10.9. The molecule has 0 amide bonds. The summed E-state index contributed by atoms with van der Waals surface area (Å²) < 4.78 is 5.35. The number of para-hydroxylation sites is 2. The zero-order valence-corrected chi connectivity index (χ0v) is 13.4. The second kappa shape index (κ2) is 6.89. The molecule has 6 heteroatoms. The van der Waals surface area contributed by atoms with Crippen LogP contribution in [0.15, 0.2) is 48.5 Å². The largest absolute Gasteiger partial charge is 0.479 e. The Bertz CT molecular complexity index is 965. The molecular weight excluding hydrogens is 318 g/mol. The fourth-order valence-corrected chi connectivity index (χ4v) is 2.33. The van der Waals surface area contributed by atoms with Gasteiger partial charge in [0.05, 0.1) is 16.6 Å². The van der Waals surface area contributed by atoms with Crippen molar-refractivity contribution in [3.8, 4) is 11.8 Å². The predicted molar refractivity (Wildman–Crippen MR) is 93.7 cm³/mol. The number of rotatable bonds is 5. The molecule has 1 aromatic heterocycles. The van der Waals surface area contributed by atoms with E-state index in [-0.39, 0.29) is 0 Å². The van der Waals surface area contributed by atoms with E-state index in [2.05, 4.69) is 16.0 Å². The number of imidazole rings is 1. The molecule has 0 spiro atoms. The van der Waals surface area contributed by atoms with E-state index >= 15 is 0 Å². The van der Waals surface area contributed by atoms with Crippen LogP contribution in [0.25, 0.3) is 22.7 Å². The normalized spacial score (nSPS) is 12.6. The van der Waals surface area contributed by atoms with Crippen LogP contribution in [0.1, 0.15) is 18.3 Å². The molecule has 124 valence electrons. The van der Waals surface area contributed by atoms with Crippen molar-refractivity contribution in [2.45, 2.75) is 13.0 Å². The van der Waals surface area contributed by atoms with Crippen molar-refractivity contribution >= 4 is 28.7 Å². The van der Waals surface area contributed by atoms with Gasteiger partial charge in [0.1, 0.15) is 17.6 Å². The molecule has 3 aromatic rings. The number of nitriles is 1. The minimum atomic E-state index is -1.04. The summed E-state index contributed by atoms with van der Waals surface area (Å²) >= 11 is 0. The van der Waals surface area contributed by atoms with E-state index in [1.807, 2.05) is 24.3 Å². The van der Waals surface area contributed by atoms with E-state index < -0.39 is 12.1 Å². The fraction of sp³-hybridized carbons (Fsp3) is 0.105. The maximum Gasteiger partial charge on any atom is 0.344 e. The molecule has 0 aliphatic rings. The molecule has 0 saturated carbocycles. The number of hydrogen-bond acceptors (Lipinski definition) is 4. The fourth-order valence-electron chi connectivity index (χ4n) is 2.33. The number of aromatic amines is 1. The van der Waals surface area contributed by atoms with E-state index in [1.54, 1.807) is 30.3 Å². The van der Waals surface area contributed by atoms with Gasteiger partial charge in [-0.25, -0.2) is 9.78 Å². The Morgan fingerprint density at radius 2 is 2.12 bits per heavy atom. The van der Waals surface area contributed by atoms with Gasteiger partial charge in [0.25, 0.3) is 0 Å². The molecule has 1 heterocycles. The minimum absolute atomic E-state index is 0.375. The third-order valence-corrected chi connectivity index (χ3v) is 3.59. The number of allylic oxidation sites excluding steroid dienone is 1. The number of carbonyl (C=O) groups is 1. The van der Waals surface area contributed by atoms with Crippen molar-refractivity contribution in [2.75, 3.05) is 0 Å². The monoisotopic (exact) mass is 333 g/mol. The minimum Gasteiger partial charge on any atom is -0.479 e. The highest BCUT2D eigenvalue weighted by Crippen LogP contribution is 2.21. The van der Waals surface area contributed by atoms with E-state index in [0.29, 0.717) is 22.7 Å². The Balaban J connectivity index is 1.92. The zero-order valence-electron chi connectivity index (χ0n) is 13.4. The number of aliphatic carboxylic acids is 1.